The van der Waals surface area contributed by atoms with Crippen LogP contribution in [0.2, 0.25) is 5.02 Å². The molecule has 37 heavy (non-hydrogen) atoms. The Bertz CT molecular complexity index is 898. The Morgan fingerprint density at radius 1 is 1.22 bits per heavy atom. The summed E-state index contributed by atoms with van der Waals surface area (Å²) in [5.74, 6) is -0.394. The van der Waals surface area contributed by atoms with Crippen LogP contribution in [0.15, 0.2) is 18.2 Å². The van der Waals surface area contributed by atoms with Gasteiger partial charge in [-0.3, -0.25) is 4.79 Å². The molecule has 0 aromatic heterocycles. The molecule has 1 aromatic carbocycles. The van der Waals surface area contributed by atoms with Gasteiger partial charge in [0.05, 0.1) is 10.6 Å². The van der Waals surface area contributed by atoms with Gasteiger partial charge in [0.1, 0.15) is 5.82 Å². The van der Waals surface area contributed by atoms with Crippen LogP contribution in [0, 0.1) is 17.7 Å². The Labute approximate surface area is 225 Å². The first-order valence-electron chi connectivity index (χ1n) is 13.9. The number of halogens is 2. The summed E-state index contributed by atoms with van der Waals surface area (Å²) in [5, 5.41) is 21.1. The third kappa shape index (κ3) is 8.29. The summed E-state index contributed by atoms with van der Waals surface area (Å²) in [6, 6.07) is 4.42. The number of urea groups is 1. The van der Waals surface area contributed by atoms with Crippen molar-refractivity contribution in [2.45, 2.75) is 82.8 Å². The number of nitrogens with one attached hydrogen (secondary N) is 3. The van der Waals surface area contributed by atoms with Crippen molar-refractivity contribution in [2.75, 3.05) is 33.2 Å². The fourth-order valence-corrected chi connectivity index (χ4v) is 6.39. The molecule has 0 spiro atoms. The van der Waals surface area contributed by atoms with Gasteiger partial charge in [-0.15, -0.1) is 0 Å². The molecule has 3 atom stereocenters. The predicted octanol–water partition coefficient (Wildman–Crippen LogP) is 4.56. The number of hydrogen-bond donors (Lipinski definition) is 4. The minimum Gasteiger partial charge on any atom is -0.385 e. The van der Waals surface area contributed by atoms with E-state index in [9.17, 15) is 19.1 Å². The first-order chi connectivity index (χ1) is 17.7. The van der Waals surface area contributed by atoms with E-state index in [4.69, 9.17) is 11.6 Å². The molecule has 1 heterocycles. The van der Waals surface area contributed by atoms with E-state index in [2.05, 4.69) is 16.0 Å². The van der Waals surface area contributed by atoms with E-state index >= 15 is 0 Å². The van der Waals surface area contributed by atoms with E-state index in [1.807, 2.05) is 7.05 Å². The molecule has 1 saturated carbocycles. The highest BCUT2D eigenvalue weighted by molar-refractivity contribution is 6.31. The number of benzene rings is 1. The molecule has 2 aliphatic rings. The molecule has 1 saturated heterocycles. The summed E-state index contributed by atoms with van der Waals surface area (Å²) in [6.07, 6.45) is 9.46. The monoisotopic (exact) mass is 538 g/mol. The van der Waals surface area contributed by atoms with Gasteiger partial charge in [0.25, 0.3) is 0 Å². The molecule has 1 aromatic rings. The number of piperidine rings is 1. The van der Waals surface area contributed by atoms with Crippen LogP contribution in [0.1, 0.15) is 76.7 Å². The molecule has 9 heteroatoms. The second-order valence-corrected chi connectivity index (χ2v) is 11.2. The van der Waals surface area contributed by atoms with Gasteiger partial charge in [-0.1, -0.05) is 55.8 Å². The first-order valence-corrected chi connectivity index (χ1v) is 14.2. The highest BCUT2D eigenvalue weighted by atomic mass is 35.5. The van der Waals surface area contributed by atoms with E-state index in [1.165, 1.54) is 45.1 Å². The smallest absolute Gasteiger partial charge is 0.317 e. The second kappa shape index (κ2) is 14.3. The van der Waals surface area contributed by atoms with Crippen LogP contribution in [-0.2, 0) is 10.4 Å². The standard InChI is InChI=1S/C28H44ClFN4O3/c1-20(35)32-15-8-14-28(37,24-12-6-13-25(30)26(24)29)22-11-7-16-34(19-22)27(36)33-23(18-31-2)17-21-9-4-3-5-10-21/h6,12-13,21-23,31,37H,3-5,7-11,14-19H2,1-2H3,(H,32,35)(H,33,36)/t22?,23?,28-/m0/s1. The van der Waals surface area contributed by atoms with Crippen molar-refractivity contribution in [3.05, 3.63) is 34.6 Å². The number of aliphatic hydroxyl groups is 1. The summed E-state index contributed by atoms with van der Waals surface area (Å²) in [6.45, 7) is 3.52. The number of nitrogens with zero attached hydrogens (tertiary/aromatic N) is 1. The molecule has 4 N–H and O–H groups in total. The quantitative estimate of drug-likeness (QED) is 0.311. The van der Waals surface area contributed by atoms with E-state index in [-0.39, 0.29) is 28.9 Å². The number of likely N-dealkylation sites (N-methyl/N-ethyl adjacent to an activating group) is 1. The van der Waals surface area contributed by atoms with Crippen LogP contribution in [0.4, 0.5) is 9.18 Å². The normalized spacial score (nSPS) is 21.2. The fraction of sp³-hybridized carbons (Fsp3) is 0.714. The van der Waals surface area contributed by atoms with Gasteiger partial charge in [0.15, 0.2) is 0 Å². The summed E-state index contributed by atoms with van der Waals surface area (Å²) in [4.78, 5) is 26.5. The van der Waals surface area contributed by atoms with Gasteiger partial charge < -0.3 is 26.0 Å². The molecular formula is C28H44ClFN4O3. The van der Waals surface area contributed by atoms with Crippen LogP contribution in [0.25, 0.3) is 0 Å². The van der Waals surface area contributed by atoms with Gasteiger partial charge in [-0.2, -0.15) is 0 Å². The van der Waals surface area contributed by atoms with Crippen LogP contribution < -0.4 is 16.0 Å². The number of carbonyl (C=O) groups excluding carboxylic acids is 2. The zero-order valence-electron chi connectivity index (χ0n) is 22.3. The SMILES string of the molecule is CNCC(CC1CCCCC1)NC(=O)N1CCCC([C@@](O)(CCCNC(C)=O)c2cccc(F)c2Cl)C1. The van der Waals surface area contributed by atoms with Gasteiger partial charge in [-0.25, -0.2) is 9.18 Å². The third-order valence-corrected chi connectivity index (χ3v) is 8.42. The minimum absolute atomic E-state index is 0.0511. The van der Waals surface area contributed by atoms with Crippen molar-refractivity contribution in [3.8, 4) is 0 Å². The Morgan fingerprint density at radius 2 is 1.97 bits per heavy atom. The maximum atomic E-state index is 14.4. The highest BCUT2D eigenvalue weighted by Gasteiger charge is 2.43. The second-order valence-electron chi connectivity index (χ2n) is 10.8. The zero-order chi connectivity index (χ0) is 26.8. The molecule has 2 unspecified atom stereocenters. The van der Waals surface area contributed by atoms with Gasteiger partial charge in [0, 0.05) is 50.6 Å². The molecular weight excluding hydrogens is 495 g/mol. The van der Waals surface area contributed by atoms with Crippen molar-refractivity contribution in [1.82, 2.24) is 20.9 Å². The lowest BCUT2D eigenvalue weighted by Crippen LogP contribution is -2.54. The molecule has 3 rings (SSSR count). The maximum absolute atomic E-state index is 14.4. The molecule has 1 aliphatic heterocycles. The van der Waals surface area contributed by atoms with Crippen molar-refractivity contribution in [3.63, 3.8) is 0 Å². The molecule has 0 radical (unpaired) electrons. The average Bonchev–Trinajstić information content (AvgIpc) is 2.89. The molecule has 0 bridgehead atoms. The number of carbonyl (C=O) groups is 2. The van der Waals surface area contributed by atoms with E-state index < -0.39 is 11.4 Å². The first kappa shape index (κ1) is 29.7. The van der Waals surface area contributed by atoms with E-state index in [0.29, 0.717) is 56.9 Å². The number of rotatable bonds is 11. The van der Waals surface area contributed by atoms with Crippen LogP contribution >= 0.6 is 11.6 Å². The lowest BCUT2D eigenvalue weighted by Gasteiger charge is -2.43. The molecule has 2 fully saturated rings. The molecule has 3 amide bonds. The van der Waals surface area contributed by atoms with Gasteiger partial charge >= 0.3 is 6.03 Å². The molecule has 208 valence electrons. The maximum Gasteiger partial charge on any atom is 0.317 e. The highest BCUT2D eigenvalue weighted by Crippen LogP contribution is 2.42. The number of amides is 3. The van der Waals surface area contributed by atoms with Crippen molar-refractivity contribution in [1.29, 1.82) is 0 Å². The minimum atomic E-state index is -1.43. The largest absolute Gasteiger partial charge is 0.385 e. The zero-order valence-corrected chi connectivity index (χ0v) is 23.1. The van der Waals surface area contributed by atoms with Crippen LogP contribution in [0.3, 0.4) is 0 Å². The lowest BCUT2D eigenvalue weighted by atomic mass is 9.74. The molecule has 1 aliphatic carbocycles. The average molecular weight is 539 g/mol. The topological polar surface area (TPSA) is 93.7 Å². The summed E-state index contributed by atoms with van der Waals surface area (Å²) >= 11 is 6.35. The van der Waals surface area contributed by atoms with Gasteiger partial charge in [0.2, 0.25) is 5.91 Å². The Balaban J connectivity index is 1.72. The Hall–Kier alpha value is -1.90. The lowest BCUT2D eigenvalue weighted by molar-refractivity contribution is -0.119. The van der Waals surface area contributed by atoms with Crippen molar-refractivity contribution >= 4 is 23.5 Å². The van der Waals surface area contributed by atoms with Crippen molar-refractivity contribution in [2.24, 2.45) is 11.8 Å². The van der Waals surface area contributed by atoms with E-state index in [0.717, 1.165) is 12.8 Å². The molecule has 7 nitrogen and oxygen atoms in total. The summed E-state index contributed by atoms with van der Waals surface area (Å²) < 4.78 is 14.4. The van der Waals surface area contributed by atoms with E-state index in [1.54, 1.807) is 17.0 Å². The Morgan fingerprint density at radius 3 is 2.68 bits per heavy atom. The Kier molecular flexibility index (Phi) is 11.5. The third-order valence-electron chi connectivity index (χ3n) is 8.03. The number of likely N-dealkylation sites (tertiary alicyclic amines) is 1. The van der Waals surface area contributed by atoms with Crippen LogP contribution in [0.5, 0.6) is 0 Å². The van der Waals surface area contributed by atoms with Crippen molar-refractivity contribution < 1.29 is 19.1 Å². The summed E-state index contributed by atoms with van der Waals surface area (Å²) in [5.41, 5.74) is -1.09. The van der Waals surface area contributed by atoms with Gasteiger partial charge in [-0.05, 0) is 51.1 Å². The predicted molar refractivity (Wildman–Crippen MR) is 145 cm³/mol. The van der Waals surface area contributed by atoms with Crippen LogP contribution in [-0.4, -0.2) is 61.2 Å². The number of hydrogen-bond acceptors (Lipinski definition) is 4. The fourth-order valence-electron chi connectivity index (χ4n) is 6.10. The summed E-state index contributed by atoms with van der Waals surface area (Å²) in [7, 11) is 1.90.